The lowest BCUT2D eigenvalue weighted by Crippen LogP contribution is -2.32. The molecule has 0 aliphatic rings. The summed E-state index contributed by atoms with van der Waals surface area (Å²) in [7, 11) is 0. The summed E-state index contributed by atoms with van der Waals surface area (Å²) in [5, 5.41) is 4.53. The fourth-order valence-electron chi connectivity index (χ4n) is 0.838. The van der Waals surface area contributed by atoms with E-state index in [1.54, 1.807) is 18.2 Å². The molecule has 5 nitrogen and oxygen atoms in total. The standard InChI is InChI=1S/C9H9Cl2N3O2/c10-7-2-1-6(8(11)3-7)4-13-16-5-9(15)14-12/h1-4H,5,12H2,(H,14,15). The van der Waals surface area contributed by atoms with Gasteiger partial charge in [-0.05, 0) is 12.1 Å². The van der Waals surface area contributed by atoms with E-state index in [0.717, 1.165) is 0 Å². The van der Waals surface area contributed by atoms with Gasteiger partial charge in [0, 0.05) is 10.6 Å². The first-order valence-corrected chi connectivity index (χ1v) is 4.99. The predicted molar refractivity (Wildman–Crippen MR) is 62.3 cm³/mol. The van der Waals surface area contributed by atoms with Gasteiger partial charge < -0.3 is 4.84 Å². The zero-order valence-electron chi connectivity index (χ0n) is 8.11. The minimum Gasteiger partial charge on any atom is -0.386 e. The Morgan fingerprint density at radius 1 is 1.56 bits per heavy atom. The zero-order valence-corrected chi connectivity index (χ0v) is 9.63. The fourth-order valence-corrected chi connectivity index (χ4v) is 1.30. The van der Waals surface area contributed by atoms with Crippen molar-refractivity contribution in [1.29, 1.82) is 0 Å². The number of nitrogens with two attached hydrogens (primary N) is 1. The molecule has 3 N–H and O–H groups in total. The van der Waals surface area contributed by atoms with Crippen LogP contribution in [0, 0.1) is 0 Å². The lowest BCUT2D eigenvalue weighted by atomic mass is 10.2. The highest BCUT2D eigenvalue weighted by molar-refractivity contribution is 6.36. The molecular formula is C9H9Cl2N3O2. The van der Waals surface area contributed by atoms with Crippen LogP contribution in [0.4, 0.5) is 0 Å². The lowest BCUT2D eigenvalue weighted by molar-refractivity contribution is -0.125. The maximum absolute atomic E-state index is 10.7. The van der Waals surface area contributed by atoms with Crippen LogP contribution in [0.15, 0.2) is 23.4 Å². The molecule has 1 amide bonds. The van der Waals surface area contributed by atoms with Crippen LogP contribution in [0.2, 0.25) is 10.0 Å². The first-order chi connectivity index (χ1) is 7.63. The van der Waals surface area contributed by atoms with Crippen LogP contribution in [-0.2, 0) is 9.63 Å². The number of nitrogens with one attached hydrogen (secondary N) is 1. The average molecular weight is 262 g/mol. The second-order valence-electron chi connectivity index (χ2n) is 2.74. The predicted octanol–water partition coefficient (Wildman–Crippen LogP) is 1.33. The summed E-state index contributed by atoms with van der Waals surface area (Å²) in [4.78, 5) is 15.3. The Labute approximate surface area is 102 Å². The Kier molecular flexibility index (Phi) is 5.04. The van der Waals surface area contributed by atoms with Crippen molar-refractivity contribution in [2.45, 2.75) is 0 Å². The molecule has 16 heavy (non-hydrogen) atoms. The van der Waals surface area contributed by atoms with Gasteiger partial charge in [-0.1, -0.05) is 34.4 Å². The lowest BCUT2D eigenvalue weighted by Gasteiger charge is -1.99. The van der Waals surface area contributed by atoms with Crippen LogP contribution in [0.5, 0.6) is 0 Å². The molecule has 0 bridgehead atoms. The summed E-state index contributed by atoms with van der Waals surface area (Å²) in [6, 6.07) is 4.93. The van der Waals surface area contributed by atoms with Gasteiger partial charge in [0.2, 0.25) is 0 Å². The number of benzene rings is 1. The van der Waals surface area contributed by atoms with E-state index in [2.05, 4.69) is 9.99 Å². The SMILES string of the molecule is NNC(=O)CON=Cc1ccc(Cl)cc1Cl. The van der Waals surface area contributed by atoms with E-state index in [1.807, 2.05) is 5.43 Å². The van der Waals surface area contributed by atoms with Gasteiger partial charge in [0.1, 0.15) is 0 Å². The Morgan fingerprint density at radius 3 is 2.94 bits per heavy atom. The third-order valence-corrected chi connectivity index (χ3v) is 2.15. The van der Waals surface area contributed by atoms with E-state index >= 15 is 0 Å². The van der Waals surface area contributed by atoms with E-state index < -0.39 is 5.91 Å². The molecule has 0 saturated heterocycles. The maximum Gasteiger partial charge on any atom is 0.274 e. The molecule has 1 aromatic rings. The van der Waals surface area contributed by atoms with E-state index in [4.69, 9.17) is 29.0 Å². The molecular weight excluding hydrogens is 253 g/mol. The molecule has 0 fully saturated rings. The molecule has 0 radical (unpaired) electrons. The molecule has 0 aromatic heterocycles. The first-order valence-electron chi connectivity index (χ1n) is 4.23. The summed E-state index contributed by atoms with van der Waals surface area (Å²) >= 11 is 11.6. The third-order valence-electron chi connectivity index (χ3n) is 1.59. The number of hydrogen-bond donors (Lipinski definition) is 2. The van der Waals surface area contributed by atoms with Crippen LogP contribution in [0.25, 0.3) is 0 Å². The molecule has 1 aromatic carbocycles. The van der Waals surface area contributed by atoms with Crippen LogP contribution in [0.3, 0.4) is 0 Å². The van der Waals surface area contributed by atoms with Crippen molar-refractivity contribution in [3.05, 3.63) is 33.8 Å². The van der Waals surface area contributed by atoms with E-state index in [1.165, 1.54) is 6.21 Å². The summed E-state index contributed by atoms with van der Waals surface area (Å²) in [6.45, 7) is -0.252. The molecule has 86 valence electrons. The number of rotatable bonds is 4. The van der Waals surface area contributed by atoms with Crippen LogP contribution < -0.4 is 11.3 Å². The van der Waals surface area contributed by atoms with Gasteiger partial charge in [0.05, 0.1) is 11.2 Å². The van der Waals surface area contributed by atoms with Gasteiger partial charge in [0.15, 0.2) is 6.61 Å². The molecule has 0 saturated carbocycles. The smallest absolute Gasteiger partial charge is 0.274 e. The molecule has 0 unspecified atom stereocenters. The fraction of sp³-hybridized carbons (Fsp3) is 0.111. The van der Waals surface area contributed by atoms with Gasteiger partial charge in [-0.3, -0.25) is 10.2 Å². The molecule has 7 heteroatoms. The van der Waals surface area contributed by atoms with Gasteiger partial charge in [0.25, 0.3) is 5.91 Å². The first kappa shape index (κ1) is 12.8. The summed E-state index contributed by atoms with van der Waals surface area (Å²) in [5.41, 5.74) is 2.54. The normalized spacial score (nSPS) is 10.4. The van der Waals surface area contributed by atoms with Crippen LogP contribution >= 0.6 is 23.2 Å². The highest BCUT2D eigenvalue weighted by Crippen LogP contribution is 2.19. The van der Waals surface area contributed by atoms with Crippen molar-refractivity contribution in [3.8, 4) is 0 Å². The second kappa shape index (κ2) is 6.32. The number of carbonyl (C=O) groups is 1. The minimum absolute atomic E-state index is 0.252. The number of carbonyl (C=O) groups excluding carboxylic acids is 1. The third kappa shape index (κ3) is 4.06. The van der Waals surface area contributed by atoms with Gasteiger partial charge in [-0.25, -0.2) is 5.84 Å². The Morgan fingerprint density at radius 2 is 2.31 bits per heavy atom. The zero-order chi connectivity index (χ0) is 12.0. The Bertz CT molecular complexity index is 410. The van der Waals surface area contributed by atoms with Crippen molar-refractivity contribution in [2.75, 3.05) is 6.61 Å². The van der Waals surface area contributed by atoms with Crippen molar-refractivity contribution >= 4 is 35.3 Å². The van der Waals surface area contributed by atoms with Crippen molar-refractivity contribution in [3.63, 3.8) is 0 Å². The number of halogens is 2. The van der Waals surface area contributed by atoms with Gasteiger partial charge >= 0.3 is 0 Å². The molecule has 1 rings (SSSR count). The number of oxime groups is 1. The number of nitrogens with zero attached hydrogens (tertiary/aromatic N) is 1. The monoisotopic (exact) mass is 261 g/mol. The quantitative estimate of drug-likeness (QED) is 0.372. The molecule has 0 atom stereocenters. The van der Waals surface area contributed by atoms with Crippen molar-refractivity contribution in [1.82, 2.24) is 5.43 Å². The molecule has 0 spiro atoms. The molecule has 0 aliphatic carbocycles. The van der Waals surface area contributed by atoms with E-state index in [9.17, 15) is 4.79 Å². The molecule has 0 heterocycles. The summed E-state index contributed by atoms with van der Waals surface area (Å²) in [6.07, 6.45) is 1.38. The number of hydrogen-bond acceptors (Lipinski definition) is 4. The minimum atomic E-state index is -0.473. The van der Waals surface area contributed by atoms with Crippen LogP contribution in [-0.4, -0.2) is 18.7 Å². The van der Waals surface area contributed by atoms with E-state index in [-0.39, 0.29) is 6.61 Å². The summed E-state index contributed by atoms with van der Waals surface area (Å²) < 4.78 is 0. The summed E-state index contributed by atoms with van der Waals surface area (Å²) in [5.74, 6) is 4.37. The molecule has 0 aliphatic heterocycles. The average Bonchev–Trinajstić information content (AvgIpc) is 2.26. The Hall–Kier alpha value is -1.30. The maximum atomic E-state index is 10.7. The largest absolute Gasteiger partial charge is 0.386 e. The number of hydrazine groups is 1. The van der Waals surface area contributed by atoms with E-state index in [0.29, 0.717) is 15.6 Å². The second-order valence-corrected chi connectivity index (χ2v) is 3.58. The van der Waals surface area contributed by atoms with Crippen molar-refractivity contribution in [2.24, 2.45) is 11.0 Å². The van der Waals surface area contributed by atoms with Gasteiger partial charge in [-0.15, -0.1) is 0 Å². The topological polar surface area (TPSA) is 76.7 Å². The highest BCUT2D eigenvalue weighted by atomic mass is 35.5. The van der Waals surface area contributed by atoms with Gasteiger partial charge in [-0.2, -0.15) is 0 Å². The van der Waals surface area contributed by atoms with Crippen molar-refractivity contribution < 1.29 is 9.63 Å². The van der Waals surface area contributed by atoms with Crippen LogP contribution in [0.1, 0.15) is 5.56 Å². The number of amides is 1. The highest BCUT2D eigenvalue weighted by Gasteiger charge is 1.99. The Balaban J connectivity index is 2.53.